The van der Waals surface area contributed by atoms with Crippen molar-refractivity contribution >= 4 is 16.7 Å². The van der Waals surface area contributed by atoms with Gasteiger partial charge in [0.15, 0.2) is 0 Å². The predicted octanol–water partition coefficient (Wildman–Crippen LogP) is 3.88. The Morgan fingerprint density at radius 2 is 1.80 bits per heavy atom. The van der Waals surface area contributed by atoms with E-state index < -0.39 is 0 Å². The first-order chi connectivity index (χ1) is 17.2. The van der Waals surface area contributed by atoms with Crippen LogP contribution in [0.25, 0.3) is 22.0 Å². The highest BCUT2D eigenvalue weighted by molar-refractivity contribution is 5.96. The van der Waals surface area contributed by atoms with Gasteiger partial charge in [0.25, 0.3) is 5.91 Å². The third kappa shape index (κ3) is 5.26. The van der Waals surface area contributed by atoms with Crippen LogP contribution in [-0.4, -0.2) is 43.6 Å². The minimum absolute atomic E-state index is 0.142. The molecule has 0 radical (unpaired) electrons. The van der Waals surface area contributed by atoms with E-state index in [1.54, 1.807) is 16.9 Å². The molecule has 5 aromatic rings. The lowest BCUT2D eigenvalue weighted by atomic mass is 10.0. The normalized spacial score (nSPS) is 11.9. The molecule has 0 spiro atoms. The zero-order valence-electron chi connectivity index (χ0n) is 19.1. The molecule has 2 heterocycles. The Morgan fingerprint density at radius 3 is 2.66 bits per heavy atom. The van der Waals surface area contributed by atoms with Crippen molar-refractivity contribution in [1.29, 1.82) is 0 Å². The Bertz CT molecular complexity index is 1450. The average molecular weight is 464 g/mol. The summed E-state index contributed by atoms with van der Waals surface area (Å²) in [7, 11) is 0. The van der Waals surface area contributed by atoms with E-state index in [9.17, 15) is 9.90 Å². The summed E-state index contributed by atoms with van der Waals surface area (Å²) in [5.74, 6) is -0.223. The molecule has 0 saturated heterocycles. The number of nitrogens with zero attached hydrogens (tertiary/aromatic N) is 4. The molecule has 0 aliphatic carbocycles. The maximum absolute atomic E-state index is 13.1. The van der Waals surface area contributed by atoms with E-state index in [0.717, 1.165) is 33.2 Å². The lowest BCUT2D eigenvalue weighted by Gasteiger charge is -2.18. The van der Waals surface area contributed by atoms with Gasteiger partial charge in [-0.25, -0.2) is 4.68 Å². The van der Waals surface area contributed by atoms with Crippen molar-refractivity contribution < 1.29 is 9.90 Å². The highest BCUT2D eigenvalue weighted by atomic mass is 16.3. The van der Waals surface area contributed by atoms with Gasteiger partial charge in [0.05, 0.1) is 25.4 Å². The minimum atomic E-state index is -0.376. The summed E-state index contributed by atoms with van der Waals surface area (Å²) in [6.07, 6.45) is 6.04. The van der Waals surface area contributed by atoms with Crippen molar-refractivity contribution in [3.05, 3.63) is 114 Å². The molecule has 7 nitrogen and oxygen atoms in total. The third-order valence-electron chi connectivity index (χ3n) is 5.95. The molecule has 35 heavy (non-hydrogen) atoms. The topological polar surface area (TPSA) is 92.9 Å². The summed E-state index contributed by atoms with van der Waals surface area (Å²) in [6.45, 7) is 0.258. The molecule has 5 rings (SSSR count). The van der Waals surface area contributed by atoms with Gasteiger partial charge in [-0.2, -0.15) is 0 Å². The monoisotopic (exact) mass is 463 g/mol. The average Bonchev–Trinajstić information content (AvgIpc) is 3.37. The SMILES string of the molecule is O=C(N[C@H](CO)Cc1ccccc1)c1ccccc1Cn1cc(-c2ccc3cnccc3c2)nn1. The Kier molecular flexibility index (Phi) is 6.59. The highest BCUT2D eigenvalue weighted by Crippen LogP contribution is 2.22. The molecule has 0 bridgehead atoms. The second-order valence-electron chi connectivity index (χ2n) is 8.44. The van der Waals surface area contributed by atoms with Gasteiger partial charge in [0.1, 0.15) is 5.69 Å². The van der Waals surface area contributed by atoms with Crippen LogP contribution in [0.2, 0.25) is 0 Å². The number of carbonyl (C=O) groups excluding carboxylic acids is 1. The molecular formula is C28H25N5O2. The fourth-order valence-corrected chi connectivity index (χ4v) is 4.13. The third-order valence-corrected chi connectivity index (χ3v) is 5.95. The summed E-state index contributed by atoms with van der Waals surface area (Å²) in [5.41, 5.74) is 4.15. The van der Waals surface area contributed by atoms with Crippen LogP contribution in [0, 0.1) is 0 Å². The minimum Gasteiger partial charge on any atom is -0.394 e. The number of pyridine rings is 1. The molecule has 2 N–H and O–H groups in total. The molecule has 2 aromatic heterocycles. The van der Waals surface area contributed by atoms with Gasteiger partial charge in [-0.05, 0) is 41.1 Å². The zero-order valence-corrected chi connectivity index (χ0v) is 19.1. The molecule has 174 valence electrons. The van der Waals surface area contributed by atoms with E-state index in [2.05, 4.69) is 26.7 Å². The summed E-state index contributed by atoms with van der Waals surface area (Å²) in [6, 6.07) is 24.9. The first-order valence-corrected chi connectivity index (χ1v) is 11.5. The van der Waals surface area contributed by atoms with Gasteiger partial charge in [0.2, 0.25) is 0 Å². The number of aliphatic hydroxyl groups is 1. The zero-order chi connectivity index (χ0) is 24.0. The molecular weight excluding hydrogens is 438 g/mol. The van der Waals surface area contributed by atoms with Crippen LogP contribution in [0.5, 0.6) is 0 Å². The van der Waals surface area contributed by atoms with Crippen molar-refractivity contribution in [2.75, 3.05) is 6.61 Å². The highest BCUT2D eigenvalue weighted by Gasteiger charge is 2.17. The number of carbonyl (C=O) groups is 1. The van der Waals surface area contributed by atoms with E-state index in [4.69, 9.17) is 0 Å². The summed E-state index contributed by atoms with van der Waals surface area (Å²) < 4.78 is 1.73. The number of hydrogen-bond acceptors (Lipinski definition) is 5. The van der Waals surface area contributed by atoms with Gasteiger partial charge < -0.3 is 10.4 Å². The number of rotatable bonds is 8. The molecule has 0 aliphatic rings. The van der Waals surface area contributed by atoms with Crippen molar-refractivity contribution in [3.8, 4) is 11.3 Å². The molecule has 1 atom stereocenters. The molecule has 7 heteroatoms. The lowest BCUT2D eigenvalue weighted by Crippen LogP contribution is -2.39. The standard InChI is InChI=1S/C28H25N5O2/c34-19-25(14-20-6-2-1-3-7-20)30-28(35)26-9-5-4-8-24(26)17-33-18-27(31-32-33)22-10-11-23-16-29-13-12-21(23)15-22/h1-13,15-16,18,25,34H,14,17,19H2,(H,30,35)/t25-/m0/s1. The van der Waals surface area contributed by atoms with Gasteiger partial charge in [-0.1, -0.05) is 65.9 Å². The van der Waals surface area contributed by atoms with Crippen LogP contribution >= 0.6 is 0 Å². The van der Waals surface area contributed by atoms with Crippen LogP contribution in [0.15, 0.2) is 97.5 Å². The summed E-state index contributed by atoms with van der Waals surface area (Å²) in [5, 5.41) is 23.6. The Hall–Kier alpha value is -4.36. The van der Waals surface area contributed by atoms with Crippen molar-refractivity contribution in [2.45, 2.75) is 19.0 Å². The largest absolute Gasteiger partial charge is 0.394 e. The van der Waals surface area contributed by atoms with E-state index in [1.165, 1.54) is 0 Å². The number of nitrogens with one attached hydrogen (secondary N) is 1. The first-order valence-electron chi connectivity index (χ1n) is 11.5. The smallest absolute Gasteiger partial charge is 0.251 e. The number of aliphatic hydroxyl groups excluding tert-OH is 1. The van der Waals surface area contributed by atoms with Gasteiger partial charge >= 0.3 is 0 Å². The lowest BCUT2D eigenvalue weighted by molar-refractivity contribution is 0.0915. The van der Waals surface area contributed by atoms with Crippen LogP contribution in [0.3, 0.4) is 0 Å². The summed E-state index contributed by atoms with van der Waals surface area (Å²) >= 11 is 0. The molecule has 0 fully saturated rings. The Labute approximate surface area is 203 Å². The van der Waals surface area contributed by atoms with Crippen molar-refractivity contribution in [2.24, 2.45) is 0 Å². The number of hydrogen-bond donors (Lipinski definition) is 2. The van der Waals surface area contributed by atoms with Crippen LogP contribution in [-0.2, 0) is 13.0 Å². The second kappa shape index (κ2) is 10.3. The predicted molar refractivity (Wildman–Crippen MR) is 135 cm³/mol. The van der Waals surface area contributed by atoms with Crippen molar-refractivity contribution in [3.63, 3.8) is 0 Å². The van der Waals surface area contributed by atoms with E-state index in [0.29, 0.717) is 18.5 Å². The van der Waals surface area contributed by atoms with E-state index in [-0.39, 0.29) is 18.6 Å². The molecule has 1 amide bonds. The molecule has 0 aliphatic heterocycles. The maximum atomic E-state index is 13.1. The van der Waals surface area contributed by atoms with Crippen LogP contribution in [0.1, 0.15) is 21.5 Å². The summed E-state index contributed by atoms with van der Waals surface area (Å²) in [4.78, 5) is 17.2. The Balaban J connectivity index is 1.32. The van der Waals surface area contributed by atoms with Gasteiger partial charge in [-0.3, -0.25) is 9.78 Å². The van der Waals surface area contributed by atoms with E-state index in [1.807, 2.05) is 79.1 Å². The Morgan fingerprint density at radius 1 is 0.971 bits per heavy atom. The number of aromatic nitrogens is 4. The maximum Gasteiger partial charge on any atom is 0.251 e. The first kappa shape index (κ1) is 22.4. The van der Waals surface area contributed by atoms with E-state index >= 15 is 0 Å². The number of benzene rings is 3. The van der Waals surface area contributed by atoms with Gasteiger partial charge in [-0.15, -0.1) is 5.10 Å². The number of amides is 1. The van der Waals surface area contributed by atoms with Crippen LogP contribution < -0.4 is 5.32 Å². The number of fused-ring (bicyclic) bond motifs is 1. The molecule has 3 aromatic carbocycles. The van der Waals surface area contributed by atoms with Gasteiger partial charge in [0, 0.05) is 28.9 Å². The fourth-order valence-electron chi connectivity index (χ4n) is 4.13. The molecule has 0 unspecified atom stereocenters. The fraction of sp³-hybridized carbons (Fsp3) is 0.143. The van der Waals surface area contributed by atoms with Crippen molar-refractivity contribution in [1.82, 2.24) is 25.3 Å². The van der Waals surface area contributed by atoms with Crippen LogP contribution in [0.4, 0.5) is 0 Å². The quantitative estimate of drug-likeness (QED) is 0.364. The second-order valence-corrected chi connectivity index (χ2v) is 8.44. The molecule has 0 saturated carbocycles.